The maximum absolute atomic E-state index is 11.8. The van der Waals surface area contributed by atoms with Crippen LogP contribution in [0.25, 0.3) is 21.8 Å². The van der Waals surface area contributed by atoms with E-state index in [9.17, 15) is 4.79 Å². The number of benzene rings is 2. The van der Waals surface area contributed by atoms with Crippen molar-refractivity contribution in [3.8, 4) is 0 Å². The van der Waals surface area contributed by atoms with Gasteiger partial charge >= 0.3 is 0 Å². The van der Waals surface area contributed by atoms with E-state index >= 15 is 0 Å². The molecular weight excluding hydrogens is 284 g/mol. The van der Waals surface area contributed by atoms with E-state index in [1.807, 2.05) is 24.3 Å². The molecule has 0 aliphatic heterocycles. The lowest BCUT2D eigenvalue weighted by molar-refractivity contribution is 0.100. The number of rotatable bonds is 3. The number of nitrogens with two attached hydrogens (primary N) is 1. The lowest BCUT2D eigenvalue weighted by atomic mass is 10.1. The molecule has 4 rings (SSSR count). The molecular formula is C17H15ClN2O. The first kappa shape index (κ1) is 12.7. The summed E-state index contributed by atoms with van der Waals surface area (Å²) in [5, 5.41) is 2.70. The Bertz CT molecular complexity index is 877. The summed E-state index contributed by atoms with van der Waals surface area (Å²) in [6.45, 7) is 0.975. The third kappa shape index (κ3) is 2.00. The van der Waals surface area contributed by atoms with Crippen molar-refractivity contribution in [3.05, 3.63) is 47.0 Å². The normalized spacial score (nSPS) is 14.9. The first-order chi connectivity index (χ1) is 10.1. The van der Waals surface area contributed by atoms with Gasteiger partial charge in [-0.3, -0.25) is 4.79 Å². The van der Waals surface area contributed by atoms with E-state index < -0.39 is 0 Å². The quantitative estimate of drug-likeness (QED) is 0.782. The second-order valence-electron chi connectivity index (χ2n) is 5.78. The lowest BCUT2D eigenvalue weighted by Crippen LogP contribution is -2.11. The Balaban J connectivity index is 2.13. The number of fused-ring (bicyclic) bond motifs is 3. The highest BCUT2D eigenvalue weighted by molar-refractivity contribution is 6.31. The van der Waals surface area contributed by atoms with Crippen molar-refractivity contribution in [3.63, 3.8) is 0 Å². The number of primary amides is 1. The van der Waals surface area contributed by atoms with E-state index in [0.717, 1.165) is 34.3 Å². The van der Waals surface area contributed by atoms with Gasteiger partial charge in [0.15, 0.2) is 0 Å². The molecule has 1 aromatic heterocycles. The summed E-state index contributed by atoms with van der Waals surface area (Å²) < 4.78 is 2.28. The zero-order valence-corrected chi connectivity index (χ0v) is 12.2. The van der Waals surface area contributed by atoms with Crippen molar-refractivity contribution >= 4 is 39.3 Å². The summed E-state index contributed by atoms with van der Waals surface area (Å²) in [5.74, 6) is 0.348. The SMILES string of the molecule is NC(=O)c1cccc2c1c1ccc(Cl)cc1n2CC1CC1. The molecule has 1 amide bonds. The molecule has 106 valence electrons. The van der Waals surface area contributed by atoms with Crippen LogP contribution in [0.4, 0.5) is 0 Å². The third-order valence-corrected chi connectivity index (χ3v) is 4.49. The molecule has 0 unspecified atom stereocenters. The molecule has 1 fully saturated rings. The first-order valence-corrected chi connectivity index (χ1v) is 7.53. The van der Waals surface area contributed by atoms with Crippen LogP contribution in [0.1, 0.15) is 23.2 Å². The molecule has 3 aromatic rings. The van der Waals surface area contributed by atoms with Crippen LogP contribution in [0.5, 0.6) is 0 Å². The maximum atomic E-state index is 11.8. The summed E-state index contributed by atoms with van der Waals surface area (Å²) in [7, 11) is 0. The Labute approximate surface area is 127 Å². The number of carbonyl (C=O) groups is 1. The standard InChI is InChI=1S/C17H15ClN2O/c18-11-6-7-12-15(8-11)20(9-10-4-5-10)14-3-1-2-13(16(12)14)17(19)21/h1-3,6-8,10H,4-5,9H2,(H2,19,21). The van der Waals surface area contributed by atoms with Crippen molar-refractivity contribution in [2.45, 2.75) is 19.4 Å². The fraction of sp³-hybridized carbons (Fsp3) is 0.235. The summed E-state index contributed by atoms with van der Waals surface area (Å²) in [5.41, 5.74) is 8.27. The molecule has 1 aliphatic rings. The summed E-state index contributed by atoms with van der Waals surface area (Å²) in [6.07, 6.45) is 2.55. The second-order valence-corrected chi connectivity index (χ2v) is 6.22. The van der Waals surface area contributed by atoms with E-state index in [1.165, 1.54) is 12.8 Å². The molecule has 3 nitrogen and oxygen atoms in total. The van der Waals surface area contributed by atoms with Crippen LogP contribution in [-0.4, -0.2) is 10.5 Å². The highest BCUT2D eigenvalue weighted by Crippen LogP contribution is 2.37. The number of hydrogen-bond acceptors (Lipinski definition) is 1. The van der Waals surface area contributed by atoms with Crippen molar-refractivity contribution in [1.29, 1.82) is 0 Å². The Morgan fingerprint density at radius 1 is 1.24 bits per heavy atom. The van der Waals surface area contributed by atoms with Gasteiger partial charge in [-0.05, 0) is 43.0 Å². The van der Waals surface area contributed by atoms with Crippen LogP contribution >= 0.6 is 11.6 Å². The van der Waals surface area contributed by atoms with Crippen LogP contribution in [0.15, 0.2) is 36.4 Å². The number of aromatic nitrogens is 1. The van der Waals surface area contributed by atoms with Gasteiger partial charge in [-0.2, -0.15) is 0 Å². The highest BCUT2D eigenvalue weighted by atomic mass is 35.5. The van der Waals surface area contributed by atoms with Gasteiger partial charge in [-0.15, -0.1) is 0 Å². The molecule has 0 bridgehead atoms. The molecule has 2 N–H and O–H groups in total. The van der Waals surface area contributed by atoms with Crippen molar-refractivity contribution in [2.24, 2.45) is 11.7 Å². The Kier molecular flexibility index (Phi) is 2.73. The monoisotopic (exact) mass is 298 g/mol. The van der Waals surface area contributed by atoms with Crippen LogP contribution in [-0.2, 0) is 6.54 Å². The van der Waals surface area contributed by atoms with Crippen LogP contribution in [0.2, 0.25) is 5.02 Å². The molecule has 21 heavy (non-hydrogen) atoms. The van der Waals surface area contributed by atoms with Crippen molar-refractivity contribution < 1.29 is 4.79 Å². The topological polar surface area (TPSA) is 48.0 Å². The zero-order valence-electron chi connectivity index (χ0n) is 11.5. The Morgan fingerprint density at radius 3 is 2.76 bits per heavy atom. The predicted octanol–water partition coefficient (Wildman–Crippen LogP) is 3.96. The van der Waals surface area contributed by atoms with Crippen molar-refractivity contribution in [1.82, 2.24) is 4.57 Å². The van der Waals surface area contributed by atoms with Gasteiger partial charge in [0.25, 0.3) is 0 Å². The molecule has 0 atom stereocenters. The number of nitrogens with zero attached hydrogens (tertiary/aromatic N) is 1. The number of amides is 1. The minimum atomic E-state index is -0.388. The van der Waals surface area contributed by atoms with Gasteiger partial charge < -0.3 is 10.3 Å². The summed E-state index contributed by atoms with van der Waals surface area (Å²) in [6, 6.07) is 11.6. The predicted molar refractivity (Wildman–Crippen MR) is 85.7 cm³/mol. The molecule has 0 saturated heterocycles. The lowest BCUT2D eigenvalue weighted by Gasteiger charge is -2.06. The third-order valence-electron chi connectivity index (χ3n) is 4.26. The van der Waals surface area contributed by atoms with Crippen LogP contribution in [0, 0.1) is 5.92 Å². The summed E-state index contributed by atoms with van der Waals surface area (Å²) >= 11 is 6.17. The molecule has 1 aliphatic carbocycles. The van der Waals surface area contributed by atoms with Crippen LogP contribution in [0.3, 0.4) is 0 Å². The minimum absolute atomic E-state index is 0.388. The van der Waals surface area contributed by atoms with E-state index in [-0.39, 0.29) is 5.91 Å². The largest absolute Gasteiger partial charge is 0.366 e. The highest BCUT2D eigenvalue weighted by Gasteiger charge is 2.24. The number of hydrogen-bond donors (Lipinski definition) is 1. The van der Waals surface area contributed by atoms with E-state index in [1.54, 1.807) is 6.07 Å². The fourth-order valence-electron chi connectivity index (χ4n) is 3.08. The van der Waals surface area contributed by atoms with Gasteiger partial charge in [0.2, 0.25) is 5.91 Å². The molecule has 4 heteroatoms. The zero-order chi connectivity index (χ0) is 14.6. The van der Waals surface area contributed by atoms with Gasteiger partial charge in [-0.1, -0.05) is 23.7 Å². The minimum Gasteiger partial charge on any atom is -0.366 e. The van der Waals surface area contributed by atoms with Crippen molar-refractivity contribution in [2.75, 3.05) is 0 Å². The average Bonchev–Trinajstić information content (AvgIpc) is 3.23. The molecule has 1 saturated carbocycles. The van der Waals surface area contributed by atoms with Gasteiger partial charge in [0, 0.05) is 33.4 Å². The van der Waals surface area contributed by atoms with E-state index in [0.29, 0.717) is 10.6 Å². The molecule has 0 radical (unpaired) electrons. The van der Waals surface area contributed by atoms with E-state index in [4.69, 9.17) is 17.3 Å². The average molecular weight is 299 g/mol. The molecule has 0 spiro atoms. The van der Waals surface area contributed by atoms with Gasteiger partial charge in [0.1, 0.15) is 0 Å². The Hall–Kier alpha value is -2.00. The molecule has 2 aromatic carbocycles. The smallest absolute Gasteiger partial charge is 0.249 e. The summed E-state index contributed by atoms with van der Waals surface area (Å²) in [4.78, 5) is 11.8. The maximum Gasteiger partial charge on any atom is 0.249 e. The fourth-order valence-corrected chi connectivity index (χ4v) is 3.24. The second kappa shape index (κ2) is 4.50. The number of halogens is 1. The Morgan fingerprint density at radius 2 is 2.05 bits per heavy atom. The number of carbonyl (C=O) groups excluding carboxylic acids is 1. The molecule has 1 heterocycles. The first-order valence-electron chi connectivity index (χ1n) is 7.15. The van der Waals surface area contributed by atoms with Gasteiger partial charge in [0.05, 0.1) is 5.52 Å². The van der Waals surface area contributed by atoms with Gasteiger partial charge in [-0.25, -0.2) is 0 Å². The van der Waals surface area contributed by atoms with E-state index in [2.05, 4.69) is 10.6 Å². The van der Waals surface area contributed by atoms with Crippen LogP contribution < -0.4 is 5.73 Å².